The molecule has 0 aromatic rings. The lowest BCUT2D eigenvalue weighted by Gasteiger charge is -2.33. The van der Waals surface area contributed by atoms with Gasteiger partial charge in [-0.25, -0.2) is 0 Å². The van der Waals surface area contributed by atoms with Crippen molar-refractivity contribution in [1.29, 1.82) is 0 Å². The van der Waals surface area contributed by atoms with E-state index in [2.05, 4.69) is 27.7 Å². The van der Waals surface area contributed by atoms with Gasteiger partial charge in [0.15, 0.2) is 0 Å². The van der Waals surface area contributed by atoms with E-state index >= 15 is 0 Å². The second-order valence-electron chi connectivity index (χ2n) is 8.13. The molecule has 1 fully saturated rings. The van der Waals surface area contributed by atoms with E-state index in [-0.39, 0.29) is 12.5 Å². The minimum absolute atomic E-state index is 0.0181. The maximum atomic E-state index is 10.5. The van der Waals surface area contributed by atoms with Crippen molar-refractivity contribution in [1.82, 2.24) is 0 Å². The summed E-state index contributed by atoms with van der Waals surface area (Å²) in [6, 6.07) is 0. The summed E-state index contributed by atoms with van der Waals surface area (Å²) >= 11 is 0. The molecule has 1 heterocycles. The van der Waals surface area contributed by atoms with Crippen molar-refractivity contribution in [2.75, 3.05) is 13.2 Å². The molecule has 3 N–H and O–H groups in total. The first-order valence-corrected chi connectivity index (χ1v) is 9.66. The van der Waals surface area contributed by atoms with Crippen molar-refractivity contribution in [3.8, 4) is 0 Å². The highest BCUT2D eigenvalue weighted by molar-refractivity contribution is 5.07. The zero-order valence-corrected chi connectivity index (χ0v) is 16.7. The second-order valence-corrected chi connectivity index (χ2v) is 8.13. The van der Waals surface area contributed by atoms with Crippen LogP contribution in [0.5, 0.6) is 0 Å². The largest absolute Gasteiger partial charge is 0.392 e. The maximum Gasteiger partial charge on any atom is 0.0916 e. The Morgan fingerprint density at radius 3 is 2.64 bits per heavy atom. The van der Waals surface area contributed by atoms with Crippen molar-refractivity contribution >= 4 is 0 Å². The number of aliphatic hydroxyl groups excluding tert-OH is 3. The molecule has 1 saturated heterocycles. The molecular formula is C21H38O4. The van der Waals surface area contributed by atoms with Crippen molar-refractivity contribution in [3.63, 3.8) is 0 Å². The molecule has 0 bridgehead atoms. The van der Waals surface area contributed by atoms with Crippen LogP contribution in [0.1, 0.15) is 66.7 Å². The van der Waals surface area contributed by atoms with E-state index in [1.807, 2.05) is 13.0 Å². The Balaban J connectivity index is 2.53. The number of hydrogen-bond donors (Lipinski definition) is 3. The molecule has 146 valence electrons. The quantitative estimate of drug-likeness (QED) is 0.583. The van der Waals surface area contributed by atoms with Gasteiger partial charge in [0.2, 0.25) is 0 Å². The van der Waals surface area contributed by atoms with E-state index < -0.39 is 17.8 Å². The van der Waals surface area contributed by atoms with Gasteiger partial charge in [0, 0.05) is 0 Å². The van der Waals surface area contributed by atoms with Crippen LogP contribution in [0.25, 0.3) is 0 Å². The van der Waals surface area contributed by atoms with Crippen LogP contribution in [0.2, 0.25) is 0 Å². The first-order chi connectivity index (χ1) is 11.7. The minimum atomic E-state index is -0.556. The summed E-state index contributed by atoms with van der Waals surface area (Å²) in [4.78, 5) is 0. The van der Waals surface area contributed by atoms with Gasteiger partial charge >= 0.3 is 0 Å². The first kappa shape index (κ1) is 22.4. The maximum absolute atomic E-state index is 10.5. The van der Waals surface area contributed by atoms with Gasteiger partial charge in [-0.1, -0.05) is 44.9 Å². The summed E-state index contributed by atoms with van der Waals surface area (Å²) in [6.07, 6.45) is 6.83. The van der Waals surface area contributed by atoms with Crippen LogP contribution in [0, 0.1) is 11.8 Å². The molecule has 0 radical (unpaired) electrons. The standard InChI is InChI=1S/C21H38O4/c1-15(2)17(4)13-19(23)16(3)7-6-11-21(5)20(24)9-8-18(10-12-22)14-25-21/h10,13,15-16,19-20,22-24H,6-9,11-12,14H2,1-5H3/b17-13+,18-10+/t16?,19?,20-,21+/m1/s1. The van der Waals surface area contributed by atoms with Crippen LogP contribution in [-0.2, 0) is 4.74 Å². The fraction of sp³-hybridized carbons (Fsp3) is 0.810. The highest BCUT2D eigenvalue weighted by Crippen LogP contribution is 2.32. The normalized spacial score (nSPS) is 29.7. The van der Waals surface area contributed by atoms with Gasteiger partial charge in [-0.05, 0) is 56.9 Å². The molecule has 0 spiro atoms. The number of ether oxygens (including phenoxy) is 1. The van der Waals surface area contributed by atoms with E-state index in [1.54, 1.807) is 6.08 Å². The highest BCUT2D eigenvalue weighted by Gasteiger charge is 2.36. The van der Waals surface area contributed by atoms with E-state index in [1.165, 1.54) is 5.57 Å². The Morgan fingerprint density at radius 2 is 2.04 bits per heavy atom. The van der Waals surface area contributed by atoms with Gasteiger partial charge in [0.1, 0.15) is 0 Å². The zero-order chi connectivity index (χ0) is 19.0. The van der Waals surface area contributed by atoms with Crippen LogP contribution in [-0.4, -0.2) is 46.3 Å². The predicted molar refractivity (Wildman–Crippen MR) is 102 cm³/mol. The first-order valence-electron chi connectivity index (χ1n) is 9.66. The van der Waals surface area contributed by atoms with Crippen molar-refractivity contribution in [2.45, 2.75) is 84.5 Å². The summed E-state index contributed by atoms with van der Waals surface area (Å²) in [6.45, 7) is 10.9. The highest BCUT2D eigenvalue weighted by atomic mass is 16.5. The monoisotopic (exact) mass is 354 g/mol. The van der Waals surface area contributed by atoms with Gasteiger partial charge < -0.3 is 20.1 Å². The SMILES string of the molecule is C/C(=C\C(O)C(C)CCC[C@]1(C)OC/C(=C/CO)CC[C@H]1O)C(C)C. The number of hydrogen-bond acceptors (Lipinski definition) is 4. The summed E-state index contributed by atoms with van der Waals surface area (Å²) in [7, 11) is 0. The molecule has 0 saturated carbocycles. The third-order valence-corrected chi connectivity index (χ3v) is 5.67. The predicted octanol–water partition coefficient (Wildman–Crippen LogP) is 3.60. The third kappa shape index (κ3) is 7.22. The van der Waals surface area contributed by atoms with Crippen molar-refractivity contribution in [2.24, 2.45) is 11.8 Å². The Morgan fingerprint density at radius 1 is 1.36 bits per heavy atom. The second kappa shape index (κ2) is 10.5. The average molecular weight is 355 g/mol. The Hall–Kier alpha value is -0.680. The van der Waals surface area contributed by atoms with E-state index in [0.717, 1.165) is 31.3 Å². The Kier molecular flexibility index (Phi) is 9.36. The Bertz CT molecular complexity index is 455. The molecule has 4 nitrogen and oxygen atoms in total. The Labute approximate surface area is 153 Å². The topological polar surface area (TPSA) is 69.9 Å². The van der Waals surface area contributed by atoms with Crippen LogP contribution in [0.3, 0.4) is 0 Å². The molecule has 1 rings (SSSR count). The molecule has 2 unspecified atom stereocenters. The third-order valence-electron chi connectivity index (χ3n) is 5.67. The summed E-state index contributed by atoms with van der Waals surface area (Å²) < 4.78 is 6.00. The summed E-state index contributed by atoms with van der Waals surface area (Å²) in [5.74, 6) is 0.640. The number of aliphatic hydroxyl groups is 3. The molecule has 1 aliphatic heterocycles. The molecule has 0 aromatic carbocycles. The smallest absolute Gasteiger partial charge is 0.0916 e. The lowest BCUT2D eigenvalue weighted by molar-refractivity contribution is -0.105. The lowest BCUT2D eigenvalue weighted by Crippen LogP contribution is -2.41. The zero-order valence-electron chi connectivity index (χ0n) is 16.7. The van der Waals surface area contributed by atoms with Gasteiger partial charge in [-0.15, -0.1) is 0 Å². The molecule has 0 aromatic heterocycles. The molecule has 0 aliphatic carbocycles. The van der Waals surface area contributed by atoms with E-state index in [9.17, 15) is 10.2 Å². The van der Waals surface area contributed by atoms with Gasteiger partial charge in [-0.2, -0.15) is 0 Å². The average Bonchev–Trinajstić information content (AvgIpc) is 2.69. The summed E-state index contributed by atoms with van der Waals surface area (Å²) in [5, 5.41) is 29.9. The van der Waals surface area contributed by atoms with Crippen LogP contribution < -0.4 is 0 Å². The molecule has 1 aliphatic rings. The van der Waals surface area contributed by atoms with Gasteiger partial charge in [0.05, 0.1) is 31.0 Å². The number of rotatable bonds is 8. The lowest BCUT2D eigenvalue weighted by atomic mass is 9.87. The summed E-state index contributed by atoms with van der Waals surface area (Å²) in [5.41, 5.74) is 1.72. The van der Waals surface area contributed by atoms with Crippen LogP contribution in [0.4, 0.5) is 0 Å². The molecular weight excluding hydrogens is 316 g/mol. The molecule has 4 heteroatoms. The molecule has 0 amide bonds. The minimum Gasteiger partial charge on any atom is -0.392 e. The fourth-order valence-corrected chi connectivity index (χ4v) is 3.15. The van der Waals surface area contributed by atoms with E-state index in [0.29, 0.717) is 18.9 Å². The van der Waals surface area contributed by atoms with Gasteiger partial charge in [0.25, 0.3) is 0 Å². The van der Waals surface area contributed by atoms with E-state index in [4.69, 9.17) is 9.84 Å². The van der Waals surface area contributed by atoms with Crippen molar-refractivity contribution in [3.05, 3.63) is 23.3 Å². The van der Waals surface area contributed by atoms with Crippen LogP contribution >= 0.6 is 0 Å². The molecule has 25 heavy (non-hydrogen) atoms. The van der Waals surface area contributed by atoms with Crippen molar-refractivity contribution < 1.29 is 20.1 Å². The fourth-order valence-electron chi connectivity index (χ4n) is 3.15. The van der Waals surface area contributed by atoms with Gasteiger partial charge in [-0.3, -0.25) is 0 Å². The van der Waals surface area contributed by atoms with Crippen LogP contribution in [0.15, 0.2) is 23.3 Å². The molecule has 4 atom stereocenters. The number of allylic oxidation sites excluding steroid dienone is 1.